The number of fused-ring (bicyclic) bond motifs is 1. The van der Waals surface area contributed by atoms with E-state index in [1.165, 1.54) is 4.80 Å². The first-order chi connectivity index (χ1) is 13.6. The fourth-order valence-electron chi connectivity index (χ4n) is 3.04. The van der Waals surface area contributed by atoms with Crippen LogP contribution in [0.1, 0.15) is 21.7 Å². The lowest BCUT2D eigenvalue weighted by molar-refractivity contribution is 0.0945. The smallest absolute Gasteiger partial charge is 0.274 e. The molecule has 1 amide bonds. The van der Waals surface area contributed by atoms with Gasteiger partial charge in [0.15, 0.2) is 5.69 Å². The number of aryl methyl sites for hydroxylation is 1. The van der Waals surface area contributed by atoms with Gasteiger partial charge in [-0.3, -0.25) is 4.79 Å². The zero-order valence-corrected chi connectivity index (χ0v) is 15.7. The number of ether oxygens (including phenoxy) is 1. The maximum absolute atomic E-state index is 12.6. The van der Waals surface area contributed by atoms with Gasteiger partial charge in [-0.25, -0.2) is 0 Å². The number of amides is 1. The summed E-state index contributed by atoms with van der Waals surface area (Å²) in [6, 6.07) is 21.5. The molecule has 4 aromatic rings. The summed E-state index contributed by atoms with van der Waals surface area (Å²) >= 11 is 0. The molecule has 0 unspecified atom stereocenters. The highest BCUT2D eigenvalue weighted by molar-refractivity contribution is 5.93. The molecule has 0 atom stereocenters. The van der Waals surface area contributed by atoms with Crippen molar-refractivity contribution in [2.24, 2.45) is 0 Å². The fraction of sp³-hybridized carbons (Fsp3) is 0.136. The molecule has 0 aliphatic rings. The minimum Gasteiger partial charge on any atom is -0.497 e. The van der Waals surface area contributed by atoms with E-state index in [1.807, 2.05) is 60.7 Å². The average molecular weight is 372 g/mol. The van der Waals surface area contributed by atoms with Gasteiger partial charge in [0.2, 0.25) is 0 Å². The number of methoxy groups -OCH3 is 1. The second-order valence-corrected chi connectivity index (χ2v) is 6.49. The van der Waals surface area contributed by atoms with Crippen LogP contribution in [0.4, 0.5) is 0 Å². The van der Waals surface area contributed by atoms with Gasteiger partial charge in [0.05, 0.1) is 18.5 Å². The van der Waals surface area contributed by atoms with Crippen molar-refractivity contribution >= 4 is 16.7 Å². The molecule has 0 spiro atoms. The van der Waals surface area contributed by atoms with Gasteiger partial charge in [-0.05, 0) is 53.6 Å². The molecular formula is C22H20N4O2. The number of benzene rings is 3. The summed E-state index contributed by atoms with van der Waals surface area (Å²) in [5.74, 6) is 0.583. The molecule has 1 N–H and O–H groups in total. The standard InChI is InChI=1S/C22H20N4O2/c1-15-21(25-26(24-15)19-6-4-3-5-7-19)22(27)23-14-16-8-9-18-13-20(28-2)11-10-17(18)12-16/h3-13H,14H2,1-2H3,(H,23,27). The SMILES string of the molecule is COc1ccc2cc(CNC(=O)c3nn(-c4ccccc4)nc3C)ccc2c1. The van der Waals surface area contributed by atoms with Crippen LogP contribution < -0.4 is 10.1 Å². The first-order valence-electron chi connectivity index (χ1n) is 8.98. The zero-order valence-electron chi connectivity index (χ0n) is 15.7. The highest BCUT2D eigenvalue weighted by Gasteiger charge is 2.16. The van der Waals surface area contributed by atoms with Crippen molar-refractivity contribution in [2.45, 2.75) is 13.5 Å². The van der Waals surface area contributed by atoms with Gasteiger partial charge in [0.25, 0.3) is 5.91 Å². The molecule has 0 radical (unpaired) electrons. The van der Waals surface area contributed by atoms with Gasteiger partial charge in [-0.1, -0.05) is 36.4 Å². The largest absolute Gasteiger partial charge is 0.497 e. The van der Waals surface area contributed by atoms with E-state index in [9.17, 15) is 4.79 Å². The maximum atomic E-state index is 12.6. The minimum absolute atomic E-state index is 0.241. The van der Waals surface area contributed by atoms with Gasteiger partial charge >= 0.3 is 0 Å². The number of rotatable bonds is 5. The summed E-state index contributed by atoms with van der Waals surface area (Å²) in [6.45, 7) is 2.20. The number of nitrogens with one attached hydrogen (secondary N) is 1. The molecule has 1 aromatic heterocycles. The molecule has 28 heavy (non-hydrogen) atoms. The molecule has 0 fully saturated rings. The topological polar surface area (TPSA) is 69.0 Å². The fourth-order valence-corrected chi connectivity index (χ4v) is 3.04. The molecule has 1 heterocycles. The summed E-state index contributed by atoms with van der Waals surface area (Å²) in [5, 5.41) is 13.8. The summed E-state index contributed by atoms with van der Waals surface area (Å²) in [7, 11) is 1.65. The van der Waals surface area contributed by atoms with Gasteiger partial charge in [0, 0.05) is 6.54 Å². The van der Waals surface area contributed by atoms with E-state index in [2.05, 4.69) is 21.6 Å². The van der Waals surface area contributed by atoms with Crippen molar-refractivity contribution in [1.82, 2.24) is 20.3 Å². The Labute approximate surface area is 162 Å². The van der Waals surface area contributed by atoms with Crippen LogP contribution in [0.15, 0.2) is 66.7 Å². The quantitative estimate of drug-likeness (QED) is 0.580. The number of carbonyl (C=O) groups is 1. The molecule has 6 nitrogen and oxygen atoms in total. The van der Waals surface area contributed by atoms with Gasteiger partial charge in [0.1, 0.15) is 5.75 Å². The Morgan fingerprint density at radius 2 is 1.75 bits per heavy atom. The van der Waals surface area contributed by atoms with Crippen molar-refractivity contribution in [1.29, 1.82) is 0 Å². The van der Waals surface area contributed by atoms with E-state index in [4.69, 9.17) is 4.74 Å². The maximum Gasteiger partial charge on any atom is 0.274 e. The van der Waals surface area contributed by atoms with Crippen LogP contribution in [-0.4, -0.2) is 28.0 Å². The molecule has 3 aromatic carbocycles. The van der Waals surface area contributed by atoms with E-state index in [0.717, 1.165) is 27.8 Å². The van der Waals surface area contributed by atoms with Crippen LogP contribution in [0.2, 0.25) is 0 Å². The molecule has 4 rings (SSSR count). The number of aromatic nitrogens is 3. The Morgan fingerprint density at radius 3 is 2.54 bits per heavy atom. The second-order valence-electron chi connectivity index (χ2n) is 6.49. The molecule has 140 valence electrons. The summed E-state index contributed by atoms with van der Waals surface area (Å²) in [5.41, 5.74) is 2.75. The highest BCUT2D eigenvalue weighted by Crippen LogP contribution is 2.22. The first-order valence-corrected chi connectivity index (χ1v) is 8.98. The molecule has 0 aliphatic carbocycles. The van der Waals surface area contributed by atoms with Crippen molar-refractivity contribution in [3.8, 4) is 11.4 Å². The predicted molar refractivity (Wildman–Crippen MR) is 108 cm³/mol. The predicted octanol–water partition coefficient (Wildman–Crippen LogP) is 3.67. The summed E-state index contributed by atoms with van der Waals surface area (Å²) in [6.07, 6.45) is 0. The Kier molecular flexibility index (Phi) is 4.76. The molecular weight excluding hydrogens is 352 g/mol. The van der Waals surface area contributed by atoms with E-state index >= 15 is 0 Å². The zero-order chi connectivity index (χ0) is 19.5. The van der Waals surface area contributed by atoms with Crippen LogP contribution in [0.25, 0.3) is 16.5 Å². The Hall–Kier alpha value is -3.67. The normalized spacial score (nSPS) is 10.8. The minimum atomic E-state index is -0.241. The lowest BCUT2D eigenvalue weighted by Crippen LogP contribution is -2.24. The Morgan fingerprint density at radius 1 is 1.00 bits per heavy atom. The molecule has 6 heteroatoms. The van der Waals surface area contributed by atoms with Crippen molar-refractivity contribution in [3.63, 3.8) is 0 Å². The lowest BCUT2D eigenvalue weighted by Gasteiger charge is -2.07. The van der Waals surface area contributed by atoms with Crippen LogP contribution in [-0.2, 0) is 6.54 Å². The second kappa shape index (κ2) is 7.52. The van der Waals surface area contributed by atoms with Gasteiger partial charge in [-0.15, -0.1) is 5.10 Å². The molecule has 0 bridgehead atoms. The number of carbonyl (C=O) groups excluding carboxylic acids is 1. The monoisotopic (exact) mass is 372 g/mol. The summed E-state index contributed by atoms with van der Waals surface area (Å²) < 4.78 is 5.25. The molecule has 0 saturated carbocycles. The van der Waals surface area contributed by atoms with Crippen LogP contribution >= 0.6 is 0 Å². The van der Waals surface area contributed by atoms with E-state index in [0.29, 0.717) is 17.9 Å². The van der Waals surface area contributed by atoms with Crippen LogP contribution in [0, 0.1) is 6.92 Å². The van der Waals surface area contributed by atoms with Gasteiger partial charge < -0.3 is 10.1 Å². The van der Waals surface area contributed by atoms with Crippen LogP contribution in [0.5, 0.6) is 5.75 Å². The Bertz CT molecular complexity index is 1140. The van der Waals surface area contributed by atoms with E-state index in [-0.39, 0.29) is 5.91 Å². The third-order valence-electron chi connectivity index (χ3n) is 4.55. The van der Waals surface area contributed by atoms with Crippen molar-refractivity contribution < 1.29 is 9.53 Å². The van der Waals surface area contributed by atoms with Crippen molar-refractivity contribution in [3.05, 3.63) is 83.7 Å². The third kappa shape index (κ3) is 3.57. The third-order valence-corrected chi connectivity index (χ3v) is 4.55. The van der Waals surface area contributed by atoms with Crippen LogP contribution in [0.3, 0.4) is 0 Å². The molecule has 0 saturated heterocycles. The summed E-state index contributed by atoms with van der Waals surface area (Å²) in [4.78, 5) is 14.1. The number of para-hydroxylation sites is 1. The van der Waals surface area contributed by atoms with E-state index in [1.54, 1.807) is 14.0 Å². The average Bonchev–Trinajstić information content (AvgIpc) is 3.14. The lowest BCUT2D eigenvalue weighted by atomic mass is 10.1. The number of nitrogens with zero attached hydrogens (tertiary/aromatic N) is 3. The number of hydrogen-bond donors (Lipinski definition) is 1. The molecule has 0 aliphatic heterocycles. The van der Waals surface area contributed by atoms with Crippen molar-refractivity contribution in [2.75, 3.05) is 7.11 Å². The number of hydrogen-bond acceptors (Lipinski definition) is 4. The highest BCUT2D eigenvalue weighted by atomic mass is 16.5. The first kappa shape index (κ1) is 17.7. The Balaban J connectivity index is 1.49. The van der Waals surface area contributed by atoms with E-state index < -0.39 is 0 Å². The van der Waals surface area contributed by atoms with Gasteiger partial charge in [-0.2, -0.15) is 9.90 Å².